The first kappa shape index (κ1) is 18.7. The molecule has 0 saturated heterocycles. The van der Waals surface area contributed by atoms with Gasteiger partial charge in [-0.3, -0.25) is 0 Å². The van der Waals surface area contributed by atoms with E-state index in [1.165, 1.54) is 17.0 Å². The van der Waals surface area contributed by atoms with E-state index in [-0.39, 0.29) is 10.8 Å². The van der Waals surface area contributed by atoms with Gasteiger partial charge in [-0.25, -0.2) is 28.2 Å². The van der Waals surface area contributed by atoms with Gasteiger partial charge in [-0.1, -0.05) is 36.4 Å². The van der Waals surface area contributed by atoms with E-state index in [2.05, 4.69) is 9.97 Å². The third kappa shape index (κ3) is 3.68. The Bertz CT molecular complexity index is 1300. The number of hydrogen-bond acceptors (Lipinski definition) is 4. The minimum atomic E-state index is -3.83. The number of carbonyl (C=O) groups is 1. The largest absolute Gasteiger partial charge is 0.351 e. The molecule has 0 atom stereocenters. The molecule has 0 aliphatic rings. The van der Waals surface area contributed by atoms with Crippen LogP contribution in [-0.4, -0.2) is 24.4 Å². The van der Waals surface area contributed by atoms with Gasteiger partial charge in [-0.05, 0) is 47.5 Å². The fraction of sp³-hybridized carbons (Fsp3) is 0. The first-order valence-electron chi connectivity index (χ1n) is 8.60. The quantitative estimate of drug-likeness (QED) is 0.479. The van der Waals surface area contributed by atoms with E-state index in [9.17, 15) is 13.2 Å². The summed E-state index contributed by atoms with van der Waals surface area (Å²) in [5, 5.41) is 5.22. The van der Waals surface area contributed by atoms with Crippen molar-refractivity contribution in [1.29, 1.82) is 0 Å². The molecule has 5 N–H and O–H groups in total. The lowest BCUT2D eigenvalue weighted by Gasteiger charge is -2.18. The minimum Gasteiger partial charge on any atom is -0.351 e. The summed E-state index contributed by atoms with van der Waals surface area (Å²) in [6.45, 7) is 0. The molecule has 0 aliphatic carbocycles. The number of anilines is 2. The molecule has 0 bridgehead atoms. The van der Waals surface area contributed by atoms with Gasteiger partial charge in [-0.2, -0.15) is 0 Å². The van der Waals surface area contributed by atoms with Crippen molar-refractivity contribution in [1.82, 2.24) is 9.97 Å². The molecule has 2 amide bonds. The van der Waals surface area contributed by atoms with Crippen molar-refractivity contribution >= 4 is 38.7 Å². The van der Waals surface area contributed by atoms with Gasteiger partial charge in [0, 0.05) is 0 Å². The average molecular weight is 407 g/mol. The van der Waals surface area contributed by atoms with Gasteiger partial charge in [0.15, 0.2) is 0 Å². The van der Waals surface area contributed by atoms with Crippen molar-refractivity contribution in [3.63, 3.8) is 0 Å². The van der Waals surface area contributed by atoms with Crippen LogP contribution in [0.5, 0.6) is 0 Å². The minimum absolute atomic E-state index is 0.00412. The second-order valence-electron chi connectivity index (χ2n) is 6.37. The fourth-order valence-corrected chi connectivity index (χ4v) is 3.64. The van der Waals surface area contributed by atoms with Crippen molar-refractivity contribution in [2.45, 2.75) is 4.90 Å². The highest BCUT2D eigenvalue weighted by Crippen LogP contribution is 2.30. The molecule has 0 unspecified atom stereocenters. The summed E-state index contributed by atoms with van der Waals surface area (Å²) in [5.74, 6) is 0.286. The summed E-state index contributed by atoms with van der Waals surface area (Å²) in [4.78, 5) is 21.0. The molecule has 146 valence electrons. The number of carbonyl (C=O) groups excluding carboxylic acids is 1. The molecule has 0 radical (unpaired) electrons. The van der Waals surface area contributed by atoms with Crippen molar-refractivity contribution in [2.75, 3.05) is 4.90 Å². The number of rotatable bonds is 4. The van der Waals surface area contributed by atoms with Crippen molar-refractivity contribution in [2.24, 2.45) is 10.9 Å². The Labute approximate surface area is 166 Å². The van der Waals surface area contributed by atoms with Gasteiger partial charge < -0.3 is 10.7 Å². The van der Waals surface area contributed by atoms with Crippen molar-refractivity contribution < 1.29 is 13.2 Å². The maximum absolute atomic E-state index is 12.2. The molecule has 4 aromatic rings. The number of nitrogens with one attached hydrogen (secondary N) is 1. The van der Waals surface area contributed by atoms with Gasteiger partial charge in [0.05, 0.1) is 21.6 Å². The second kappa shape index (κ2) is 7.04. The molecule has 0 aliphatic heterocycles. The molecule has 0 fully saturated rings. The van der Waals surface area contributed by atoms with E-state index in [0.717, 1.165) is 5.52 Å². The normalized spacial score (nSPS) is 11.5. The standard InChI is InChI=1S/C20H17N5O3S/c21-19(26)25(20-23-17-9-1-2-10-18(17)24-20)15-7-3-5-13(11-15)14-6-4-8-16(12-14)29(22,27)28/h1-12H,(H2,21,26)(H,23,24)(H2,22,27,28). The summed E-state index contributed by atoms with van der Waals surface area (Å²) in [5.41, 5.74) is 8.90. The Kier molecular flexibility index (Phi) is 4.53. The number of urea groups is 1. The van der Waals surface area contributed by atoms with E-state index in [1.807, 2.05) is 24.3 Å². The molecular formula is C20H17N5O3S. The number of hydrogen-bond donors (Lipinski definition) is 3. The van der Waals surface area contributed by atoms with E-state index in [4.69, 9.17) is 10.9 Å². The number of benzene rings is 3. The Morgan fingerprint density at radius 1 is 0.931 bits per heavy atom. The number of nitrogens with two attached hydrogens (primary N) is 2. The number of primary sulfonamides is 1. The average Bonchev–Trinajstić information content (AvgIpc) is 3.11. The number of primary amides is 1. The topological polar surface area (TPSA) is 135 Å². The van der Waals surface area contributed by atoms with Crippen LogP contribution < -0.4 is 15.8 Å². The van der Waals surface area contributed by atoms with Gasteiger partial charge in [-0.15, -0.1) is 0 Å². The molecular weight excluding hydrogens is 390 g/mol. The smallest absolute Gasteiger partial charge is 0.326 e. The van der Waals surface area contributed by atoms with Crippen LogP contribution in [0.15, 0.2) is 77.7 Å². The molecule has 0 saturated carbocycles. The van der Waals surface area contributed by atoms with Gasteiger partial charge >= 0.3 is 6.03 Å². The van der Waals surface area contributed by atoms with Crippen LogP contribution >= 0.6 is 0 Å². The van der Waals surface area contributed by atoms with E-state index in [1.54, 1.807) is 36.4 Å². The Morgan fingerprint density at radius 3 is 2.31 bits per heavy atom. The Hall–Kier alpha value is -3.69. The highest BCUT2D eigenvalue weighted by atomic mass is 32.2. The van der Waals surface area contributed by atoms with Gasteiger partial charge in [0.1, 0.15) is 0 Å². The molecule has 1 aromatic heterocycles. The third-order valence-electron chi connectivity index (χ3n) is 4.41. The SMILES string of the molecule is NC(=O)N(c1cccc(-c2cccc(S(N)(=O)=O)c2)c1)c1nc2ccccc2[nH]1. The van der Waals surface area contributed by atoms with Crippen LogP contribution in [0.1, 0.15) is 0 Å². The number of amides is 2. The summed E-state index contributed by atoms with van der Waals surface area (Å²) < 4.78 is 23.3. The number of H-pyrrole nitrogens is 1. The van der Waals surface area contributed by atoms with Gasteiger partial charge in [0.2, 0.25) is 16.0 Å². The van der Waals surface area contributed by atoms with E-state index >= 15 is 0 Å². The third-order valence-corrected chi connectivity index (χ3v) is 5.32. The first-order valence-corrected chi connectivity index (χ1v) is 10.2. The van der Waals surface area contributed by atoms with Crippen LogP contribution in [0.25, 0.3) is 22.2 Å². The zero-order chi connectivity index (χ0) is 20.6. The van der Waals surface area contributed by atoms with Gasteiger partial charge in [0.25, 0.3) is 0 Å². The number of aromatic nitrogens is 2. The summed E-state index contributed by atoms with van der Waals surface area (Å²) in [6, 6.07) is 19.9. The number of sulfonamides is 1. The lowest BCUT2D eigenvalue weighted by Crippen LogP contribution is -2.32. The molecule has 9 heteroatoms. The summed E-state index contributed by atoms with van der Waals surface area (Å²) in [6.07, 6.45) is 0. The van der Waals surface area contributed by atoms with Crippen molar-refractivity contribution in [3.8, 4) is 11.1 Å². The van der Waals surface area contributed by atoms with E-state index in [0.29, 0.717) is 22.3 Å². The Morgan fingerprint density at radius 2 is 1.62 bits per heavy atom. The van der Waals surface area contributed by atoms with Crippen molar-refractivity contribution in [3.05, 3.63) is 72.8 Å². The zero-order valence-corrected chi connectivity index (χ0v) is 15.9. The maximum atomic E-state index is 12.2. The van der Waals surface area contributed by atoms with Crippen LogP contribution in [-0.2, 0) is 10.0 Å². The molecule has 0 spiro atoms. The highest BCUT2D eigenvalue weighted by Gasteiger charge is 2.19. The van der Waals surface area contributed by atoms with Crippen LogP contribution in [0.3, 0.4) is 0 Å². The number of imidazole rings is 1. The number of aromatic amines is 1. The monoisotopic (exact) mass is 407 g/mol. The molecule has 8 nitrogen and oxygen atoms in total. The maximum Gasteiger partial charge on any atom is 0.326 e. The molecule has 1 heterocycles. The lowest BCUT2D eigenvalue weighted by atomic mass is 10.0. The van der Waals surface area contributed by atoms with E-state index < -0.39 is 16.1 Å². The number of para-hydroxylation sites is 2. The first-order chi connectivity index (χ1) is 13.8. The number of nitrogens with zero attached hydrogens (tertiary/aromatic N) is 2. The summed E-state index contributed by atoms with van der Waals surface area (Å²) >= 11 is 0. The predicted molar refractivity (Wildman–Crippen MR) is 111 cm³/mol. The molecule has 3 aromatic carbocycles. The fourth-order valence-electron chi connectivity index (χ4n) is 3.08. The van der Waals surface area contributed by atoms with Crippen LogP contribution in [0, 0.1) is 0 Å². The highest BCUT2D eigenvalue weighted by molar-refractivity contribution is 7.89. The lowest BCUT2D eigenvalue weighted by molar-refractivity contribution is 0.256. The molecule has 29 heavy (non-hydrogen) atoms. The Balaban J connectivity index is 1.79. The predicted octanol–water partition coefficient (Wildman–Crippen LogP) is 3.09. The molecule has 4 rings (SSSR count). The van der Waals surface area contributed by atoms with Crippen LogP contribution in [0.4, 0.5) is 16.4 Å². The van der Waals surface area contributed by atoms with Crippen LogP contribution in [0.2, 0.25) is 0 Å². The summed E-state index contributed by atoms with van der Waals surface area (Å²) in [7, 11) is -3.83. The zero-order valence-electron chi connectivity index (χ0n) is 15.1. The number of fused-ring (bicyclic) bond motifs is 1. The second-order valence-corrected chi connectivity index (χ2v) is 7.94.